The third kappa shape index (κ3) is 11.9. The molecular formula is C30H54O3. The fourth-order valence-electron chi connectivity index (χ4n) is 4.22. The van der Waals surface area contributed by atoms with Crippen LogP contribution in [-0.4, -0.2) is 22.8 Å². The summed E-state index contributed by atoms with van der Waals surface area (Å²) >= 11 is 0. The van der Waals surface area contributed by atoms with Gasteiger partial charge >= 0.3 is 0 Å². The summed E-state index contributed by atoms with van der Waals surface area (Å²) in [6.45, 7) is 23.2. The summed E-state index contributed by atoms with van der Waals surface area (Å²) in [5.41, 5.74) is 1.27. The number of hydrogen-bond donors (Lipinski definition) is 0. The molecule has 33 heavy (non-hydrogen) atoms. The van der Waals surface area contributed by atoms with E-state index in [1.54, 1.807) is 0 Å². The molecule has 1 unspecified atom stereocenters. The van der Waals surface area contributed by atoms with Crippen molar-refractivity contribution < 1.29 is 14.2 Å². The second-order valence-corrected chi connectivity index (χ2v) is 12.5. The Kier molecular flexibility index (Phi) is 11.6. The molecule has 0 fully saturated rings. The molecule has 3 heteroatoms. The molecule has 192 valence electrons. The Bertz CT molecular complexity index is 615. The first-order valence-electron chi connectivity index (χ1n) is 13.3. The highest BCUT2D eigenvalue weighted by Gasteiger charge is 2.51. The predicted molar refractivity (Wildman–Crippen MR) is 142 cm³/mol. The van der Waals surface area contributed by atoms with Gasteiger partial charge < -0.3 is 14.2 Å². The van der Waals surface area contributed by atoms with Gasteiger partial charge in [0.15, 0.2) is 0 Å². The van der Waals surface area contributed by atoms with E-state index < -0.39 is 22.8 Å². The maximum Gasteiger partial charge on any atom is 0.291 e. The molecule has 1 atom stereocenters. The minimum Gasteiger partial charge on any atom is -0.321 e. The zero-order valence-corrected chi connectivity index (χ0v) is 23.8. The van der Waals surface area contributed by atoms with E-state index in [4.69, 9.17) is 14.2 Å². The molecule has 1 aromatic carbocycles. The van der Waals surface area contributed by atoms with Gasteiger partial charge in [0.1, 0.15) is 0 Å². The van der Waals surface area contributed by atoms with Crippen LogP contribution in [0.1, 0.15) is 138 Å². The summed E-state index contributed by atoms with van der Waals surface area (Å²) in [5.74, 6) is -1.22. The Morgan fingerprint density at radius 1 is 0.606 bits per heavy atom. The smallest absolute Gasteiger partial charge is 0.291 e. The maximum absolute atomic E-state index is 6.80. The van der Waals surface area contributed by atoms with Gasteiger partial charge in [0.05, 0.1) is 22.7 Å². The van der Waals surface area contributed by atoms with Crippen molar-refractivity contribution >= 4 is 0 Å². The third-order valence-corrected chi connectivity index (χ3v) is 5.41. The lowest BCUT2D eigenvalue weighted by Crippen LogP contribution is -2.55. The maximum atomic E-state index is 6.80. The van der Waals surface area contributed by atoms with Crippen LogP contribution in [0.3, 0.4) is 0 Å². The highest BCUT2D eigenvalue weighted by molar-refractivity contribution is 5.27. The van der Waals surface area contributed by atoms with Crippen LogP contribution in [0.15, 0.2) is 24.3 Å². The Balaban J connectivity index is 3.48. The molecule has 0 aliphatic rings. The lowest BCUT2D eigenvalue weighted by atomic mass is 9.88. The number of hydrogen-bond acceptors (Lipinski definition) is 3. The molecular weight excluding hydrogens is 408 g/mol. The van der Waals surface area contributed by atoms with Gasteiger partial charge in [0.2, 0.25) is 0 Å². The highest BCUT2D eigenvalue weighted by Crippen LogP contribution is 2.45. The Labute approximate surface area is 206 Å². The van der Waals surface area contributed by atoms with E-state index in [-0.39, 0.29) is 5.92 Å². The van der Waals surface area contributed by atoms with Gasteiger partial charge in [-0.15, -0.1) is 0 Å². The van der Waals surface area contributed by atoms with Crippen LogP contribution < -0.4 is 0 Å². The molecule has 0 saturated carbocycles. The molecule has 3 nitrogen and oxygen atoms in total. The van der Waals surface area contributed by atoms with Gasteiger partial charge in [-0.3, -0.25) is 0 Å². The molecule has 0 spiro atoms. The molecule has 1 rings (SSSR count). The third-order valence-electron chi connectivity index (χ3n) is 5.41. The first-order chi connectivity index (χ1) is 15.1. The van der Waals surface area contributed by atoms with E-state index in [1.165, 1.54) is 43.2 Å². The van der Waals surface area contributed by atoms with Crippen LogP contribution in [0.4, 0.5) is 0 Å². The number of benzene rings is 1. The molecule has 0 saturated heterocycles. The molecule has 0 heterocycles. The van der Waals surface area contributed by atoms with Crippen molar-refractivity contribution in [1.82, 2.24) is 0 Å². The molecule has 0 N–H and O–H groups in total. The minimum atomic E-state index is -1.19. The monoisotopic (exact) mass is 462 g/mol. The van der Waals surface area contributed by atoms with Gasteiger partial charge in [0, 0.05) is 0 Å². The number of rotatable bonds is 13. The van der Waals surface area contributed by atoms with Crippen molar-refractivity contribution in [3.63, 3.8) is 0 Å². The van der Waals surface area contributed by atoms with Crippen molar-refractivity contribution in [2.75, 3.05) is 0 Å². The Hall–Kier alpha value is -0.900. The van der Waals surface area contributed by atoms with Crippen LogP contribution in [0.2, 0.25) is 0 Å². The summed E-state index contributed by atoms with van der Waals surface area (Å²) in [6.07, 6.45) is 9.52. The van der Waals surface area contributed by atoms with Crippen LogP contribution >= 0.6 is 0 Å². The van der Waals surface area contributed by atoms with Crippen LogP contribution in [0, 0.1) is 0 Å². The Morgan fingerprint density at radius 3 is 1.42 bits per heavy atom. The predicted octanol–water partition coefficient (Wildman–Crippen LogP) is 9.18. The topological polar surface area (TPSA) is 27.7 Å². The van der Waals surface area contributed by atoms with Gasteiger partial charge in [-0.2, -0.15) is 0 Å². The van der Waals surface area contributed by atoms with E-state index in [1.807, 2.05) is 0 Å². The van der Waals surface area contributed by atoms with Crippen molar-refractivity contribution in [3.05, 3.63) is 35.4 Å². The van der Waals surface area contributed by atoms with Crippen molar-refractivity contribution in [2.45, 2.75) is 156 Å². The molecule has 0 bridgehead atoms. The van der Waals surface area contributed by atoms with E-state index in [2.05, 4.69) is 100 Å². The average Bonchev–Trinajstić information content (AvgIpc) is 2.63. The summed E-state index contributed by atoms with van der Waals surface area (Å²) in [7, 11) is 0. The largest absolute Gasteiger partial charge is 0.321 e. The van der Waals surface area contributed by atoms with Crippen LogP contribution in [-0.2, 0) is 20.6 Å². The first-order valence-corrected chi connectivity index (χ1v) is 13.3. The number of ether oxygens (including phenoxy) is 3. The zero-order valence-electron chi connectivity index (χ0n) is 23.8. The molecule has 0 radical (unpaired) electrons. The standard InChI is InChI=1S/C30H54O3/c1-12-14-15-16-17-18-19-26(25-22-20-24(13-2)21-23-25)30(31-27(3,4)5,32-28(6,7)8)33-29(9,10)11/h20-23,26H,12-19H2,1-11H3. The molecule has 0 aliphatic carbocycles. The summed E-state index contributed by atoms with van der Waals surface area (Å²) < 4.78 is 20.4. The molecule has 0 amide bonds. The van der Waals surface area contributed by atoms with Gasteiger partial charge in [0.25, 0.3) is 5.97 Å². The van der Waals surface area contributed by atoms with E-state index >= 15 is 0 Å². The Morgan fingerprint density at radius 2 is 1.03 bits per heavy atom. The minimum absolute atomic E-state index is 0.0349. The molecule has 0 aliphatic heterocycles. The zero-order chi connectivity index (χ0) is 25.3. The molecule has 1 aromatic rings. The van der Waals surface area contributed by atoms with Gasteiger partial charge in [-0.25, -0.2) is 0 Å². The highest BCUT2D eigenvalue weighted by atomic mass is 16.9. The summed E-state index contributed by atoms with van der Waals surface area (Å²) in [4.78, 5) is 0. The van der Waals surface area contributed by atoms with Crippen LogP contribution in [0.25, 0.3) is 0 Å². The van der Waals surface area contributed by atoms with Gasteiger partial charge in [-0.1, -0.05) is 76.6 Å². The van der Waals surface area contributed by atoms with E-state index in [0.717, 1.165) is 19.3 Å². The second kappa shape index (κ2) is 12.7. The van der Waals surface area contributed by atoms with Crippen LogP contribution in [0.5, 0.6) is 0 Å². The average molecular weight is 463 g/mol. The van der Waals surface area contributed by atoms with E-state index in [9.17, 15) is 0 Å². The fourth-order valence-corrected chi connectivity index (χ4v) is 4.22. The molecule has 0 aromatic heterocycles. The lowest BCUT2D eigenvalue weighted by Gasteiger charge is -2.49. The first kappa shape index (κ1) is 30.1. The fraction of sp³-hybridized carbons (Fsp3) is 0.800. The normalized spacial score (nSPS) is 14.5. The van der Waals surface area contributed by atoms with E-state index in [0.29, 0.717) is 0 Å². The van der Waals surface area contributed by atoms with Crippen molar-refractivity contribution in [3.8, 4) is 0 Å². The SMILES string of the molecule is CCCCCCCCC(c1ccc(CC)cc1)C(OC(C)(C)C)(OC(C)(C)C)OC(C)(C)C. The number of unbranched alkanes of at least 4 members (excludes halogenated alkanes) is 5. The number of aryl methyl sites for hydroxylation is 1. The van der Waals surface area contributed by atoms with Crippen molar-refractivity contribution in [2.24, 2.45) is 0 Å². The second-order valence-electron chi connectivity index (χ2n) is 12.5. The lowest BCUT2D eigenvalue weighted by molar-refractivity contribution is -0.456. The van der Waals surface area contributed by atoms with Crippen molar-refractivity contribution in [1.29, 1.82) is 0 Å². The van der Waals surface area contributed by atoms with Gasteiger partial charge in [-0.05, 0) is 86.3 Å². The summed E-state index contributed by atoms with van der Waals surface area (Å²) in [6, 6.07) is 8.97. The summed E-state index contributed by atoms with van der Waals surface area (Å²) in [5, 5.41) is 0. The quantitative estimate of drug-likeness (QED) is 0.216.